The summed E-state index contributed by atoms with van der Waals surface area (Å²) in [6, 6.07) is 0.838. The Morgan fingerprint density at radius 1 is 1.67 bits per heavy atom. The molecule has 1 N–H and O–H groups in total. The Labute approximate surface area is 96.4 Å². The zero-order valence-electron chi connectivity index (χ0n) is 7.15. The van der Waals surface area contributed by atoms with Gasteiger partial charge in [0.05, 0.1) is 17.2 Å². The van der Waals surface area contributed by atoms with Gasteiger partial charge in [-0.2, -0.15) is 0 Å². The van der Waals surface area contributed by atoms with Crippen LogP contribution in [-0.2, 0) is 6.61 Å². The summed E-state index contributed by atoms with van der Waals surface area (Å²) in [7, 11) is 0. The molecule has 15 heavy (non-hydrogen) atoms. The highest BCUT2D eigenvalue weighted by molar-refractivity contribution is 14.1. The predicted molar refractivity (Wildman–Crippen MR) is 54.5 cm³/mol. The Bertz CT molecular complexity index is 400. The lowest BCUT2D eigenvalue weighted by Gasteiger charge is -2.05. The molecule has 1 heterocycles. The van der Waals surface area contributed by atoms with E-state index in [1.807, 2.05) is 0 Å². The number of halogens is 3. The molecule has 1 aromatic heterocycles. The van der Waals surface area contributed by atoms with Crippen LogP contribution in [0.5, 0.6) is 0 Å². The molecule has 1 aromatic rings. The Morgan fingerprint density at radius 2 is 2.27 bits per heavy atom. The molecule has 0 aliphatic carbocycles. The van der Waals surface area contributed by atoms with Crippen molar-refractivity contribution in [1.29, 1.82) is 0 Å². The van der Waals surface area contributed by atoms with Crippen molar-refractivity contribution in [2.45, 2.75) is 13.0 Å². The molecule has 0 fully saturated rings. The van der Waals surface area contributed by atoms with E-state index < -0.39 is 29.2 Å². The predicted octanol–water partition coefficient (Wildman–Crippen LogP) is 2.02. The fourth-order valence-electron chi connectivity index (χ4n) is 1.01. The number of hydrogen-bond acceptors (Lipinski definition) is 4. The standard InChI is InChI=1S/C7H5F2IN2O3/c8-6(9)4-1-3(2-13)11-7(10)5(4)12(14)15/h1,6,13H,2H2. The topological polar surface area (TPSA) is 76.3 Å². The van der Waals surface area contributed by atoms with Crippen molar-refractivity contribution >= 4 is 28.3 Å². The van der Waals surface area contributed by atoms with Crippen molar-refractivity contribution in [3.05, 3.63) is 31.1 Å². The summed E-state index contributed by atoms with van der Waals surface area (Å²) >= 11 is 1.49. The molecule has 0 aromatic carbocycles. The number of nitro groups is 1. The number of aliphatic hydroxyl groups excluding tert-OH is 1. The van der Waals surface area contributed by atoms with Crippen LogP contribution >= 0.6 is 22.6 Å². The zero-order valence-corrected chi connectivity index (χ0v) is 9.31. The molecule has 0 atom stereocenters. The summed E-state index contributed by atoms with van der Waals surface area (Å²) in [5.41, 5.74) is -1.44. The molecule has 82 valence electrons. The van der Waals surface area contributed by atoms with Gasteiger partial charge >= 0.3 is 5.69 Å². The van der Waals surface area contributed by atoms with E-state index in [1.165, 1.54) is 22.6 Å². The molecule has 0 amide bonds. The van der Waals surface area contributed by atoms with Gasteiger partial charge in [0.15, 0.2) is 3.70 Å². The summed E-state index contributed by atoms with van der Waals surface area (Å²) in [4.78, 5) is 13.2. The van der Waals surface area contributed by atoms with Crippen LogP contribution < -0.4 is 0 Å². The molecule has 1 rings (SSSR count). The van der Waals surface area contributed by atoms with Gasteiger partial charge in [-0.25, -0.2) is 13.8 Å². The minimum absolute atomic E-state index is 0.0136. The lowest BCUT2D eigenvalue weighted by atomic mass is 10.2. The van der Waals surface area contributed by atoms with Crippen LogP contribution in [0.25, 0.3) is 0 Å². The average Bonchev–Trinajstić information content (AvgIpc) is 2.15. The number of pyridine rings is 1. The number of rotatable bonds is 3. The lowest BCUT2D eigenvalue weighted by molar-refractivity contribution is -0.387. The molecular weight excluding hydrogens is 325 g/mol. The maximum absolute atomic E-state index is 12.5. The summed E-state index contributed by atoms with van der Waals surface area (Å²) in [5, 5.41) is 19.2. The molecule has 0 unspecified atom stereocenters. The largest absolute Gasteiger partial charge is 0.390 e. The van der Waals surface area contributed by atoms with Crippen LogP contribution in [0.2, 0.25) is 0 Å². The van der Waals surface area contributed by atoms with Gasteiger partial charge in [-0.05, 0) is 28.7 Å². The van der Waals surface area contributed by atoms with Gasteiger partial charge in [-0.15, -0.1) is 0 Å². The van der Waals surface area contributed by atoms with Crippen LogP contribution in [0.1, 0.15) is 17.7 Å². The first-order chi connectivity index (χ1) is 6.97. The van der Waals surface area contributed by atoms with Gasteiger partial charge in [0.1, 0.15) is 5.56 Å². The summed E-state index contributed by atoms with van der Waals surface area (Å²) < 4.78 is 24.8. The smallest absolute Gasteiger partial charge is 0.309 e. The molecule has 8 heteroatoms. The van der Waals surface area contributed by atoms with Gasteiger partial charge in [0.25, 0.3) is 6.43 Å². The fourth-order valence-corrected chi connectivity index (χ4v) is 1.82. The summed E-state index contributed by atoms with van der Waals surface area (Å²) in [6.07, 6.45) is -2.97. The zero-order chi connectivity index (χ0) is 11.6. The van der Waals surface area contributed by atoms with Crippen LogP contribution in [0, 0.1) is 13.8 Å². The average molecular weight is 330 g/mol. The third-order valence-corrected chi connectivity index (χ3v) is 2.36. The summed E-state index contributed by atoms with van der Waals surface area (Å²) in [5.74, 6) is 0. The Morgan fingerprint density at radius 3 is 2.67 bits per heavy atom. The third kappa shape index (κ3) is 2.56. The second-order valence-corrected chi connectivity index (χ2v) is 3.58. The van der Waals surface area contributed by atoms with Crippen molar-refractivity contribution in [1.82, 2.24) is 4.98 Å². The molecule has 0 saturated carbocycles. The highest BCUT2D eigenvalue weighted by atomic mass is 127. The van der Waals surface area contributed by atoms with Crippen molar-refractivity contribution in [2.75, 3.05) is 0 Å². The van der Waals surface area contributed by atoms with E-state index in [9.17, 15) is 18.9 Å². The second kappa shape index (κ2) is 4.75. The molecule has 0 radical (unpaired) electrons. The van der Waals surface area contributed by atoms with Gasteiger partial charge < -0.3 is 5.11 Å². The van der Waals surface area contributed by atoms with E-state index in [0.717, 1.165) is 6.07 Å². The number of alkyl halides is 2. The number of aromatic nitrogens is 1. The second-order valence-electron chi connectivity index (χ2n) is 2.56. The minimum Gasteiger partial charge on any atom is -0.390 e. The maximum atomic E-state index is 12.5. The van der Waals surface area contributed by atoms with E-state index >= 15 is 0 Å². The fraction of sp³-hybridized carbons (Fsp3) is 0.286. The highest BCUT2D eigenvalue weighted by Crippen LogP contribution is 2.32. The van der Waals surface area contributed by atoms with E-state index in [0.29, 0.717) is 0 Å². The van der Waals surface area contributed by atoms with Gasteiger partial charge in [-0.3, -0.25) is 10.1 Å². The van der Waals surface area contributed by atoms with Crippen LogP contribution in [0.15, 0.2) is 6.07 Å². The van der Waals surface area contributed by atoms with Crippen molar-refractivity contribution < 1.29 is 18.8 Å². The molecule has 0 aliphatic heterocycles. The maximum Gasteiger partial charge on any atom is 0.309 e. The van der Waals surface area contributed by atoms with Crippen LogP contribution in [0.4, 0.5) is 14.5 Å². The Balaban J connectivity index is 3.42. The molecular formula is C7H5F2IN2O3. The van der Waals surface area contributed by atoms with Gasteiger partial charge in [-0.1, -0.05) is 0 Å². The molecule has 0 spiro atoms. The molecule has 0 saturated heterocycles. The SMILES string of the molecule is O=[N+]([O-])c1c(C(F)F)cc(CO)nc1I. The molecule has 5 nitrogen and oxygen atoms in total. The van der Waals surface area contributed by atoms with Gasteiger partial charge in [0.2, 0.25) is 0 Å². The van der Waals surface area contributed by atoms with E-state index in [4.69, 9.17) is 5.11 Å². The summed E-state index contributed by atoms with van der Waals surface area (Å²) in [6.45, 7) is -0.534. The number of hydrogen-bond donors (Lipinski definition) is 1. The highest BCUT2D eigenvalue weighted by Gasteiger charge is 2.26. The quantitative estimate of drug-likeness (QED) is 0.398. The lowest BCUT2D eigenvalue weighted by Crippen LogP contribution is -2.04. The Hall–Kier alpha value is -0.900. The monoisotopic (exact) mass is 330 g/mol. The molecule has 0 bridgehead atoms. The van der Waals surface area contributed by atoms with Crippen LogP contribution in [0.3, 0.4) is 0 Å². The normalized spacial score (nSPS) is 10.7. The van der Waals surface area contributed by atoms with E-state index in [1.54, 1.807) is 0 Å². The van der Waals surface area contributed by atoms with Crippen molar-refractivity contribution in [3.8, 4) is 0 Å². The Kier molecular flexibility index (Phi) is 3.85. The van der Waals surface area contributed by atoms with Crippen molar-refractivity contribution in [2.24, 2.45) is 0 Å². The van der Waals surface area contributed by atoms with E-state index in [2.05, 4.69) is 4.98 Å². The first kappa shape index (κ1) is 12.2. The first-order valence-electron chi connectivity index (χ1n) is 3.70. The molecule has 0 aliphatic rings. The minimum atomic E-state index is -2.97. The van der Waals surface area contributed by atoms with Crippen LogP contribution in [-0.4, -0.2) is 15.0 Å². The van der Waals surface area contributed by atoms with Gasteiger partial charge in [0, 0.05) is 0 Å². The third-order valence-electron chi connectivity index (χ3n) is 1.61. The van der Waals surface area contributed by atoms with E-state index in [-0.39, 0.29) is 9.39 Å². The number of aliphatic hydroxyl groups is 1. The van der Waals surface area contributed by atoms with Crippen molar-refractivity contribution in [3.63, 3.8) is 0 Å². The first-order valence-corrected chi connectivity index (χ1v) is 4.78. The number of nitrogens with zero attached hydrogens (tertiary/aromatic N) is 2.